The zero-order valence-corrected chi connectivity index (χ0v) is 28.1. The molecule has 2 heterocycles. The lowest BCUT2D eigenvalue weighted by atomic mass is 9.77. The van der Waals surface area contributed by atoms with Crippen molar-refractivity contribution in [3.63, 3.8) is 0 Å². The largest absolute Gasteiger partial charge is 0.466 e. The van der Waals surface area contributed by atoms with Gasteiger partial charge in [0.15, 0.2) is 0 Å². The van der Waals surface area contributed by atoms with Crippen LogP contribution in [0.5, 0.6) is 0 Å². The summed E-state index contributed by atoms with van der Waals surface area (Å²) < 4.78 is 9.59. The fraction of sp³-hybridized carbons (Fsp3) is 0.195. The number of hydrogen-bond acceptors (Lipinski definition) is 4. The highest BCUT2D eigenvalue weighted by atomic mass is 35.5. The third-order valence-corrected chi connectivity index (χ3v) is 9.12. The fourth-order valence-electron chi connectivity index (χ4n) is 6.37. The van der Waals surface area contributed by atoms with E-state index in [1.165, 1.54) is 7.11 Å². The molecule has 0 amide bonds. The second kappa shape index (κ2) is 15.1. The van der Waals surface area contributed by atoms with Gasteiger partial charge in [-0.1, -0.05) is 134 Å². The standard InChI is InChI=1S/C41H39ClN4O2/c1-3-4-24-39-43-27-37(46(39)28-31-16-14-15-23-38(31)42)26-32(40(47)48-2)25-36-29-45(30-44-36)41(33-17-8-5-9-18-33,34-19-10-6-11-20-34)35-21-12-7-13-22-35/h5-23,26-27,29-30H,3-4,24-25,28H2,1-2H3/b32-26+. The molecule has 48 heavy (non-hydrogen) atoms. The lowest BCUT2D eigenvalue weighted by Crippen LogP contribution is -2.36. The highest BCUT2D eigenvalue weighted by Gasteiger charge is 2.38. The van der Waals surface area contributed by atoms with Gasteiger partial charge in [0.05, 0.1) is 37.6 Å². The number of unbranched alkanes of at least 4 members (excludes halogenated alkanes) is 1. The Morgan fingerprint density at radius 1 is 0.833 bits per heavy atom. The van der Waals surface area contributed by atoms with Crippen molar-refractivity contribution in [2.75, 3.05) is 7.11 Å². The van der Waals surface area contributed by atoms with Crippen LogP contribution in [0.2, 0.25) is 5.02 Å². The van der Waals surface area contributed by atoms with E-state index in [2.05, 4.69) is 88.9 Å². The van der Waals surface area contributed by atoms with Crippen LogP contribution in [0.1, 0.15) is 59.2 Å². The summed E-state index contributed by atoms with van der Waals surface area (Å²) in [6, 6.07) is 39.2. The Kier molecular flexibility index (Phi) is 10.3. The number of hydrogen-bond donors (Lipinski definition) is 0. The molecule has 7 heteroatoms. The zero-order valence-electron chi connectivity index (χ0n) is 27.3. The number of carbonyl (C=O) groups excluding carboxylic acids is 1. The Morgan fingerprint density at radius 2 is 1.42 bits per heavy atom. The number of ether oxygens (including phenoxy) is 1. The molecule has 4 aromatic carbocycles. The van der Waals surface area contributed by atoms with Crippen LogP contribution < -0.4 is 0 Å². The monoisotopic (exact) mass is 654 g/mol. The van der Waals surface area contributed by atoms with Gasteiger partial charge >= 0.3 is 5.97 Å². The number of esters is 1. The van der Waals surface area contributed by atoms with Gasteiger partial charge in [-0.05, 0) is 40.8 Å². The van der Waals surface area contributed by atoms with E-state index in [4.69, 9.17) is 26.3 Å². The highest BCUT2D eigenvalue weighted by Crippen LogP contribution is 2.41. The van der Waals surface area contributed by atoms with Gasteiger partial charge in [-0.2, -0.15) is 0 Å². The maximum atomic E-state index is 13.3. The van der Waals surface area contributed by atoms with Crippen molar-refractivity contribution in [1.29, 1.82) is 0 Å². The SMILES string of the molecule is CCCCc1ncc(/C=C(\Cc2cn(C(c3ccccc3)(c3ccccc3)c3ccccc3)cn2)C(=O)OC)n1Cc1ccccc1Cl. The number of nitrogens with zero attached hydrogens (tertiary/aromatic N) is 4. The summed E-state index contributed by atoms with van der Waals surface area (Å²) in [4.78, 5) is 23.0. The van der Waals surface area contributed by atoms with Gasteiger partial charge in [0, 0.05) is 29.6 Å². The maximum Gasteiger partial charge on any atom is 0.334 e. The first-order valence-electron chi connectivity index (χ1n) is 16.3. The van der Waals surface area contributed by atoms with Gasteiger partial charge < -0.3 is 13.9 Å². The van der Waals surface area contributed by atoms with Gasteiger partial charge in [-0.15, -0.1) is 0 Å². The second-order valence-electron chi connectivity index (χ2n) is 11.8. The minimum atomic E-state index is -0.702. The third-order valence-electron chi connectivity index (χ3n) is 8.75. The number of aryl methyl sites for hydroxylation is 1. The van der Waals surface area contributed by atoms with Gasteiger partial charge in [0.2, 0.25) is 0 Å². The van der Waals surface area contributed by atoms with Gasteiger partial charge in [-0.25, -0.2) is 14.8 Å². The first kappa shape index (κ1) is 32.7. The molecule has 0 saturated carbocycles. The van der Waals surface area contributed by atoms with Crippen LogP contribution in [-0.2, 0) is 34.5 Å². The molecule has 0 bridgehead atoms. The van der Waals surface area contributed by atoms with Gasteiger partial charge in [0.25, 0.3) is 0 Å². The van der Waals surface area contributed by atoms with Crippen LogP contribution in [0.4, 0.5) is 0 Å². The summed E-state index contributed by atoms with van der Waals surface area (Å²) in [6.45, 7) is 2.71. The molecule has 0 N–H and O–H groups in total. The van der Waals surface area contributed by atoms with Crippen molar-refractivity contribution < 1.29 is 9.53 Å². The molecule has 0 aliphatic rings. The number of methoxy groups -OCH3 is 1. The Balaban J connectivity index is 1.44. The quantitative estimate of drug-likeness (QED) is 0.0710. The summed E-state index contributed by atoms with van der Waals surface area (Å²) >= 11 is 6.57. The Hall–Kier alpha value is -5.20. The maximum absolute atomic E-state index is 13.3. The first-order valence-corrected chi connectivity index (χ1v) is 16.7. The van der Waals surface area contributed by atoms with E-state index in [1.807, 2.05) is 67.3 Å². The van der Waals surface area contributed by atoms with Crippen LogP contribution in [0, 0.1) is 0 Å². The zero-order chi connectivity index (χ0) is 33.3. The Bertz CT molecular complexity index is 1880. The molecule has 0 fully saturated rings. The molecule has 0 aliphatic heterocycles. The van der Waals surface area contributed by atoms with Crippen LogP contribution in [0.25, 0.3) is 6.08 Å². The second-order valence-corrected chi connectivity index (χ2v) is 12.2. The van der Waals surface area contributed by atoms with Crippen molar-refractivity contribution in [1.82, 2.24) is 19.1 Å². The molecule has 242 valence electrons. The van der Waals surface area contributed by atoms with Gasteiger partial charge in [-0.3, -0.25) is 0 Å². The fourth-order valence-corrected chi connectivity index (χ4v) is 6.56. The number of rotatable bonds is 13. The topological polar surface area (TPSA) is 61.9 Å². The number of benzene rings is 4. The van der Waals surface area contributed by atoms with Crippen molar-refractivity contribution >= 4 is 23.6 Å². The van der Waals surface area contributed by atoms with Crippen LogP contribution in [-0.4, -0.2) is 32.2 Å². The van der Waals surface area contributed by atoms with E-state index in [1.54, 1.807) is 0 Å². The predicted octanol–water partition coefficient (Wildman–Crippen LogP) is 8.76. The molecule has 0 spiro atoms. The highest BCUT2D eigenvalue weighted by molar-refractivity contribution is 6.31. The van der Waals surface area contributed by atoms with Crippen molar-refractivity contribution in [3.8, 4) is 0 Å². The summed E-state index contributed by atoms with van der Waals surface area (Å²) in [5.74, 6) is 0.542. The van der Waals surface area contributed by atoms with Gasteiger partial charge in [0.1, 0.15) is 11.4 Å². The predicted molar refractivity (Wildman–Crippen MR) is 192 cm³/mol. The normalized spacial score (nSPS) is 11.9. The minimum absolute atomic E-state index is 0.274. The molecule has 6 nitrogen and oxygen atoms in total. The molecule has 0 saturated heterocycles. The Morgan fingerprint density at radius 3 is 1.98 bits per heavy atom. The first-order chi connectivity index (χ1) is 23.5. The summed E-state index contributed by atoms with van der Waals surface area (Å²) in [7, 11) is 1.41. The van der Waals surface area contributed by atoms with Crippen molar-refractivity contribution in [2.24, 2.45) is 0 Å². The van der Waals surface area contributed by atoms with E-state index in [9.17, 15) is 4.79 Å². The van der Waals surface area contributed by atoms with E-state index in [0.29, 0.717) is 17.1 Å². The molecular weight excluding hydrogens is 616 g/mol. The lowest BCUT2D eigenvalue weighted by molar-refractivity contribution is -0.136. The van der Waals surface area contributed by atoms with E-state index in [0.717, 1.165) is 58.7 Å². The van der Waals surface area contributed by atoms with Crippen LogP contribution in [0.3, 0.4) is 0 Å². The van der Waals surface area contributed by atoms with Crippen LogP contribution in [0.15, 0.2) is 140 Å². The molecule has 2 aromatic heterocycles. The Labute approximate surface area is 287 Å². The molecule has 0 atom stereocenters. The molecule has 0 aliphatic carbocycles. The van der Waals surface area contributed by atoms with Crippen LogP contribution >= 0.6 is 11.6 Å². The summed E-state index contributed by atoms with van der Waals surface area (Å²) in [5, 5.41) is 0.694. The summed E-state index contributed by atoms with van der Waals surface area (Å²) in [6.07, 6.45) is 10.8. The lowest BCUT2D eigenvalue weighted by Gasteiger charge is -2.37. The average Bonchev–Trinajstić information content (AvgIpc) is 3.76. The molecule has 0 unspecified atom stereocenters. The van der Waals surface area contributed by atoms with Crippen molar-refractivity contribution in [2.45, 2.75) is 44.7 Å². The van der Waals surface area contributed by atoms with Crippen molar-refractivity contribution in [3.05, 3.63) is 184 Å². The number of imidazole rings is 2. The average molecular weight is 655 g/mol. The van der Waals surface area contributed by atoms with E-state index < -0.39 is 11.5 Å². The summed E-state index contributed by atoms with van der Waals surface area (Å²) in [5.41, 5.74) is 5.60. The number of carbonyl (C=O) groups is 1. The molecule has 6 aromatic rings. The smallest absolute Gasteiger partial charge is 0.334 e. The number of halogens is 1. The third kappa shape index (κ3) is 6.76. The molecule has 0 radical (unpaired) electrons. The molecule has 6 rings (SSSR count). The molecular formula is C41H39ClN4O2. The van der Waals surface area contributed by atoms with E-state index in [-0.39, 0.29) is 6.42 Å². The van der Waals surface area contributed by atoms with E-state index >= 15 is 0 Å². The number of aromatic nitrogens is 4. The minimum Gasteiger partial charge on any atom is -0.466 e.